The highest BCUT2D eigenvalue weighted by molar-refractivity contribution is 8.00. The van der Waals surface area contributed by atoms with E-state index in [1.807, 2.05) is 58.0 Å². The van der Waals surface area contributed by atoms with E-state index in [2.05, 4.69) is 29.2 Å². The molecule has 1 fully saturated rings. The van der Waals surface area contributed by atoms with Gasteiger partial charge in [0.05, 0.1) is 6.54 Å². The van der Waals surface area contributed by atoms with Crippen molar-refractivity contribution < 1.29 is 14.3 Å². The lowest BCUT2D eigenvalue weighted by atomic mass is 10.1. The standard InChI is InChI=1S/C25H33NO3S/c1-5-9-23(27)29-25(21-12-14-22(15-13-21)28-24(2,3)4)19-26(16-17-30-25)18-20-10-7-6-8-11-20/h6-8,10-15H,5,9,16-19H2,1-4H3. The van der Waals surface area contributed by atoms with Crippen molar-refractivity contribution in [1.82, 2.24) is 4.90 Å². The third-order valence-corrected chi connectivity index (χ3v) is 6.18. The normalized spacial score (nSPS) is 20.0. The molecule has 0 N–H and O–H groups in total. The van der Waals surface area contributed by atoms with Gasteiger partial charge in [0.25, 0.3) is 0 Å². The molecule has 0 amide bonds. The fourth-order valence-electron chi connectivity index (χ4n) is 3.60. The lowest BCUT2D eigenvalue weighted by Crippen LogP contribution is -2.47. The molecule has 1 atom stereocenters. The van der Waals surface area contributed by atoms with Crippen LogP contribution in [0.4, 0.5) is 0 Å². The molecule has 1 aliphatic heterocycles. The molecule has 0 radical (unpaired) electrons. The monoisotopic (exact) mass is 427 g/mol. The van der Waals surface area contributed by atoms with Crippen LogP contribution in [0, 0.1) is 0 Å². The summed E-state index contributed by atoms with van der Waals surface area (Å²) in [6, 6.07) is 18.5. The van der Waals surface area contributed by atoms with Crippen molar-refractivity contribution in [1.29, 1.82) is 0 Å². The predicted molar refractivity (Wildman–Crippen MR) is 124 cm³/mol. The molecule has 0 bridgehead atoms. The zero-order valence-corrected chi connectivity index (χ0v) is 19.3. The largest absolute Gasteiger partial charge is 0.488 e. The minimum atomic E-state index is -0.695. The van der Waals surface area contributed by atoms with Gasteiger partial charge in [0.2, 0.25) is 0 Å². The Hall–Kier alpha value is -1.98. The molecule has 0 aromatic heterocycles. The molecule has 1 heterocycles. The van der Waals surface area contributed by atoms with E-state index in [0.29, 0.717) is 13.0 Å². The SMILES string of the molecule is CCCC(=O)OC1(c2ccc(OC(C)(C)C)cc2)CN(Cc2ccccc2)CCS1. The van der Waals surface area contributed by atoms with Gasteiger partial charge in [0.15, 0.2) is 4.93 Å². The molecule has 2 aromatic rings. The van der Waals surface area contributed by atoms with E-state index < -0.39 is 4.93 Å². The van der Waals surface area contributed by atoms with Crippen molar-refractivity contribution in [2.75, 3.05) is 18.8 Å². The number of thioether (sulfide) groups is 1. The van der Waals surface area contributed by atoms with Crippen molar-refractivity contribution >= 4 is 17.7 Å². The van der Waals surface area contributed by atoms with Gasteiger partial charge in [-0.05, 0) is 44.9 Å². The highest BCUT2D eigenvalue weighted by Crippen LogP contribution is 2.43. The minimum Gasteiger partial charge on any atom is -0.488 e. The van der Waals surface area contributed by atoms with Crippen molar-refractivity contribution in [2.24, 2.45) is 0 Å². The fraction of sp³-hybridized carbons (Fsp3) is 0.480. The van der Waals surface area contributed by atoms with Crippen LogP contribution in [0.1, 0.15) is 51.7 Å². The lowest BCUT2D eigenvalue weighted by Gasteiger charge is -2.42. The Labute approximate surface area is 184 Å². The van der Waals surface area contributed by atoms with Crippen LogP contribution in [0.25, 0.3) is 0 Å². The van der Waals surface area contributed by atoms with Crippen LogP contribution in [0.15, 0.2) is 54.6 Å². The Morgan fingerprint density at radius 3 is 2.43 bits per heavy atom. The number of rotatable bonds is 7. The summed E-state index contributed by atoms with van der Waals surface area (Å²) in [4.78, 5) is 14.2. The first kappa shape index (κ1) is 22.7. The van der Waals surface area contributed by atoms with E-state index in [-0.39, 0.29) is 11.6 Å². The van der Waals surface area contributed by atoms with Gasteiger partial charge in [-0.1, -0.05) is 49.4 Å². The smallest absolute Gasteiger partial charge is 0.307 e. The van der Waals surface area contributed by atoms with Gasteiger partial charge >= 0.3 is 5.97 Å². The summed E-state index contributed by atoms with van der Waals surface area (Å²) >= 11 is 1.73. The first-order chi connectivity index (χ1) is 14.3. The number of esters is 1. The highest BCUT2D eigenvalue weighted by Gasteiger charge is 2.41. The van der Waals surface area contributed by atoms with Crippen LogP contribution in [0.3, 0.4) is 0 Å². The number of carbonyl (C=O) groups excluding carboxylic acids is 1. The molecule has 1 aliphatic rings. The van der Waals surface area contributed by atoms with Gasteiger partial charge in [0, 0.05) is 30.8 Å². The minimum absolute atomic E-state index is 0.137. The Kier molecular flexibility index (Phi) is 7.48. The molecule has 3 rings (SSSR count). The molecule has 1 unspecified atom stereocenters. The molecular formula is C25H33NO3S. The second kappa shape index (κ2) is 9.88. The van der Waals surface area contributed by atoms with Crippen LogP contribution >= 0.6 is 11.8 Å². The number of hydrogen-bond acceptors (Lipinski definition) is 5. The second-order valence-corrected chi connectivity index (χ2v) is 10.1. The Morgan fingerprint density at radius 2 is 1.80 bits per heavy atom. The summed E-state index contributed by atoms with van der Waals surface area (Å²) in [5.41, 5.74) is 2.03. The fourth-order valence-corrected chi connectivity index (χ4v) is 5.01. The summed E-state index contributed by atoms with van der Waals surface area (Å²) < 4.78 is 12.1. The van der Waals surface area contributed by atoms with Crippen molar-refractivity contribution in [3.8, 4) is 5.75 Å². The molecule has 1 saturated heterocycles. The van der Waals surface area contributed by atoms with Gasteiger partial charge in [-0.25, -0.2) is 0 Å². The molecule has 30 heavy (non-hydrogen) atoms. The topological polar surface area (TPSA) is 38.8 Å². The van der Waals surface area contributed by atoms with Crippen LogP contribution < -0.4 is 4.74 Å². The summed E-state index contributed by atoms with van der Waals surface area (Å²) in [6.07, 6.45) is 1.22. The maximum atomic E-state index is 12.5. The van der Waals surface area contributed by atoms with Crippen molar-refractivity contribution in [3.63, 3.8) is 0 Å². The molecular weight excluding hydrogens is 394 g/mol. The number of carbonyl (C=O) groups is 1. The Morgan fingerprint density at radius 1 is 1.10 bits per heavy atom. The molecule has 2 aromatic carbocycles. The summed E-state index contributed by atoms with van der Waals surface area (Å²) in [5, 5.41) is 0. The lowest BCUT2D eigenvalue weighted by molar-refractivity contribution is -0.154. The predicted octanol–water partition coefficient (Wildman–Crippen LogP) is 5.61. The second-order valence-electron chi connectivity index (χ2n) is 8.76. The highest BCUT2D eigenvalue weighted by atomic mass is 32.2. The first-order valence-corrected chi connectivity index (χ1v) is 11.7. The molecule has 4 nitrogen and oxygen atoms in total. The van der Waals surface area contributed by atoms with Crippen LogP contribution in [0.5, 0.6) is 5.75 Å². The number of benzene rings is 2. The van der Waals surface area contributed by atoms with Crippen molar-refractivity contribution in [3.05, 3.63) is 65.7 Å². The van der Waals surface area contributed by atoms with Gasteiger partial charge in [0.1, 0.15) is 11.4 Å². The Balaban J connectivity index is 1.84. The van der Waals surface area contributed by atoms with Crippen molar-refractivity contribution in [2.45, 2.75) is 57.6 Å². The van der Waals surface area contributed by atoms with E-state index in [0.717, 1.165) is 36.6 Å². The third kappa shape index (κ3) is 6.26. The zero-order chi connectivity index (χ0) is 21.6. The summed E-state index contributed by atoms with van der Waals surface area (Å²) in [7, 11) is 0. The molecule has 0 spiro atoms. The zero-order valence-electron chi connectivity index (χ0n) is 18.5. The average molecular weight is 428 g/mol. The van der Waals surface area contributed by atoms with E-state index in [1.165, 1.54) is 5.56 Å². The third-order valence-electron chi connectivity index (χ3n) is 4.87. The molecule has 162 valence electrons. The van der Waals surface area contributed by atoms with Gasteiger partial charge in [-0.15, -0.1) is 11.8 Å². The summed E-state index contributed by atoms with van der Waals surface area (Å²) in [6.45, 7) is 10.6. The van der Waals surface area contributed by atoms with Gasteiger partial charge < -0.3 is 9.47 Å². The van der Waals surface area contributed by atoms with Gasteiger partial charge in [-0.2, -0.15) is 0 Å². The number of ether oxygens (including phenoxy) is 2. The quantitative estimate of drug-likeness (QED) is 0.537. The maximum Gasteiger partial charge on any atom is 0.307 e. The van der Waals surface area contributed by atoms with Crippen LogP contribution in [0.2, 0.25) is 0 Å². The van der Waals surface area contributed by atoms with Crippen LogP contribution in [-0.4, -0.2) is 35.3 Å². The maximum absolute atomic E-state index is 12.5. The Bertz CT molecular complexity index is 817. The van der Waals surface area contributed by atoms with E-state index in [9.17, 15) is 4.79 Å². The average Bonchev–Trinajstić information content (AvgIpc) is 2.68. The van der Waals surface area contributed by atoms with E-state index >= 15 is 0 Å². The van der Waals surface area contributed by atoms with Gasteiger partial charge in [-0.3, -0.25) is 9.69 Å². The summed E-state index contributed by atoms with van der Waals surface area (Å²) in [5.74, 6) is 1.59. The van der Waals surface area contributed by atoms with E-state index in [1.54, 1.807) is 11.8 Å². The number of nitrogens with zero attached hydrogens (tertiary/aromatic N) is 1. The molecule has 0 saturated carbocycles. The first-order valence-electron chi connectivity index (χ1n) is 10.7. The number of hydrogen-bond donors (Lipinski definition) is 0. The molecule has 0 aliphatic carbocycles. The molecule has 5 heteroatoms. The van der Waals surface area contributed by atoms with E-state index in [4.69, 9.17) is 9.47 Å². The van der Waals surface area contributed by atoms with Crippen LogP contribution in [-0.2, 0) is 21.0 Å².